The number of nitriles is 1. The zero-order valence-electron chi connectivity index (χ0n) is 9.41. The highest BCUT2D eigenvalue weighted by atomic mass is 35.5. The molecule has 0 unspecified atom stereocenters. The number of benzene rings is 1. The number of nitrogens with zero attached hydrogens (tertiary/aromatic N) is 3. The minimum atomic E-state index is -0.533. The molecule has 0 saturated carbocycles. The van der Waals surface area contributed by atoms with Gasteiger partial charge in [0.25, 0.3) is 0 Å². The van der Waals surface area contributed by atoms with Crippen molar-refractivity contribution in [3.8, 4) is 6.07 Å². The summed E-state index contributed by atoms with van der Waals surface area (Å²) in [6.07, 6.45) is 0. The molecule has 1 N–H and O–H groups in total. The Balaban J connectivity index is 2.31. The summed E-state index contributed by atoms with van der Waals surface area (Å²) in [6, 6.07) is 7.76. The Labute approximate surface area is 108 Å². The lowest BCUT2D eigenvalue weighted by Gasteiger charge is -2.06. The molecule has 4 nitrogen and oxygen atoms in total. The van der Waals surface area contributed by atoms with Crippen LogP contribution in [0.2, 0.25) is 5.02 Å². The average Bonchev–Trinajstić information content (AvgIpc) is 2.33. The van der Waals surface area contributed by atoms with Crippen molar-refractivity contribution in [1.29, 1.82) is 5.26 Å². The maximum absolute atomic E-state index is 13.2. The summed E-state index contributed by atoms with van der Waals surface area (Å²) >= 11 is 5.58. The molecular formula is C12H8ClFN4. The second kappa shape index (κ2) is 4.98. The molecule has 18 heavy (non-hydrogen) atoms. The molecule has 0 aliphatic rings. The molecule has 0 aliphatic heterocycles. The number of aryl methyl sites for hydroxylation is 1. The summed E-state index contributed by atoms with van der Waals surface area (Å²) in [5, 5.41) is 11.6. The van der Waals surface area contributed by atoms with Gasteiger partial charge in [-0.2, -0.15) is 5.26 Å². The number of nitrogens with one attached hydrogen (secondary N) is 1. The van der Waals surface area contributed by atoms with E-state index in [1.165, 1.54) is 12.1 Å². The molecule has 2 aromatic rings. The molecule has 0 spiro atoms. The Bertz CT molecular complexity index is 636. The van der Waals surface area contributed by atoms with E-state index in [1.54, 1.807) is 19.1 Å². The lowest BCUT2D eigenvalue weighted by atomic mass is 10.3. The summed E-state index contributed by atoms with van der Waals surface area (Å²) in [6.45, 7) is 1.75. The molecule has 1 heterocycles. The van der Waals surface area contributed by atoms with E-state index < -0.39 is 5.82 Å². The SMILES string of the molecule is Cc1cc(C#N)nc(Nc2ccc(Cl)c(F)c2)n1. The summed E-state index contributed by atoms with van der Waals surface area (Å²) in [5.74, 6) is -0.289. The van der Waals surface area contributed by atoms with Gasteiger partial charge >= 0.3 is 0 Å². The third kappa shape index (κ3) is 2.73. The van der Waals surface area contributed by atoms with Gasteiger partial charge in [-0.15, -0.1) is 0 Å². The second-order valence-corrected chi connectivity index (χ2v) is 3.99. The van der Waals surface area contributed by atoms with Crippen molar-refractivity contribution in [2.24, 2.45) is 0 Å². The Hall–Kier alpha value is -2.19. The first-order valence-electron chi connectivity index (χ1n) is 5.06. The van der Waals surface area contributed by atoms with Gasteiger partial charge < -0.3 is 5.32 Å². The van der Waals surface area contributed by atoms with E-state index in [9.17, 15) is 4.39 Å². The topological polar surface area (TPSA) is 61.6 Å². The summed E-state index contributed by atoms with van der Waals surface area (Å²) in [7, 11) is 0. The molecule has 0 atom stereocenters. The fourth-order valence-corrected chi connectivity index (χ4v) is 1.50. The van der Waals surface area contributed by atoms with Crippen LogP contribution >= 0.6 is 11.6 Å². The van der Waals surface area contributed by atoms with Gasteiger partial charge in [0.2, 0.25) is 5.95 Å². The Kier molecular flexibility index (Phi) is 3.40. The monoisotopic (exact) mass is 262 g/mol. The van der Waals surface area contributed by atoms with E-state index in [4.69, 9.17) is 16.9 Å². The van der Waals surface area contributed by atoms with Crippen LogP contribution in [0.5, 0.6) is 0 Å². The largest absolute Gasteiger partial charge is 0.324 e. The van der Waals surface area contributed by atoms with Crippen LogP contribution in [0.3, 0.4) is 0 Å². The lowest BCUT2D eigenvalue weighted by Crippen LogP contribution is -2.00. The van der Waals surface area contributed by atoms with Crippen LogP contribution in [-0.2, 0) is 0 Å². The molecule has 0 saturated heterocycles. The minimum Gasteiger partial charge on any atom is -0.324 e. The van der Waals surface area contributed by atoms with Crippen molar-refractivity contribution < 1.29 is 4.39 Å². The van der Waals surface area contributed by atoms with Gasteiger partial charge in [0, 0.05) is 11.4 Å². The number of hydrogen-bond donors (Lipinski definition) is 1. The van der Waals surface area contributed by atoms with Crippen LogP contribution < -0.4 is 5.32 Å². The van der Waals surface area contributed by atoms with Gasteiger partial charge in [0.05, 0.1) is 5.02 Å². The van der Waals surface area contributed by atoms with E-state index in [1.807, 2.05) is 6.07 Å². The maximum atomic E-state index is 13.2. The molecule has 2 rings (SSSR count). The normalized spacial score (nSPS) is 9.89. The highest BCUT2D eigenvalue weighted by Crippen LogP contribution is 2.20. The van der Waals surface area contributed by atoms with E-state index in [0.717, 1.165) is 0 Å². The Morgan fingerprint density at radius 1 is 1.33 bits per heavy atom. The molecule has 0 fully saturated rings. The first-order chi connectivity index (χ1) is 8.58. The molecule has 1 aromatic carbocycles. The summed E-state index contributed by atoms with van der Waals surface area (Å²) in [4.78, 5) is 8.06. The van der Waals surface area contributed by atoms with E-state index in [0.29, 0.717) is 11.4 Å². The number of hydrogen-bond acceptors (Lipinski definition) is 4. The fraction of sp³-hybridized carbons (Fsp3) is 0.0833. The van der Waals surface area contributed by atoms with Crippen LogP contribution in [0.1, 0.15) is 11.4 Å². The third-order valence-electron chi connectivity index (χ3n) is 2.14. The molecule has 6 heteroatoms. The van der Waals surface area contributed by atoms with Gasteiger partial charge in [-0.05, 0) is 31.2 Å². The Morgan fingerprint density at radius 3 is 2.78 bits per heavy atom. The van der Waals surface area contributed by atoms with Crippen LogP contribution in [0.4, 0.5) is 16.0 Å². The second-order valence-electron chi connectivity index (χ2n) is 3.58. The summed E-state index contributed by atoms with van der Waals surface area (Å²) < 4.78 is 13.2. The van der Waals surface area contributed by atoms with Crippen LogP contribution in [0, 0.1) is 24.1 Å². The predicted octanol–water partition coefficient (Wildman–Crippen LogP) is 3.19. The average molecular weight is 263 g/mol. The molecule has 0 aliphatic carbocycles. The zero-order valence-corrected chi connectivity index (χ0v) is 10.2. The van der Waals surface area contributed by atoms with Crippen molar-refractivity contribution in [1.82, 2.24) is 9.97 Å². The highest BCUT2D eigenvalue weighted by molar-refractivity contribution is 6.30. The van der Waals surface area contributed by atoms with Crippen molar-refractivity contribution in [3.63, 3.8) is 0 Å². The molecule has 0 radical (unpaired) electrons. The number of rotatable bonds is 2. The number of anilines is 2. The molecular weight excluding hydrogens is 255 g/mol. The van der Waals surface area contributed by atoms with Crippen LogP contribution in [0.25, 0.3) is 0 Å². The number of aromatic nitrogens is 2. The standard InChI is InChI=1S/C12H8ClFN4/c1-7-4-9(6-15)18-12(16-7)17-8-2-3-10(13)11(14)5-8/h2-5H,1H3,(H,16,17,18). The third-order valence-corrected chi connectivity index (χ3v) is 2.45. The van der Waals surface area contributed by atoms with E-state index >= 15 is 0 Å². The fourth-order valence-electron chi connectivity index (χ4n) is 1.38. The van der Waals surface area contributed by atoms with Crippen molar-refractivity contribution >= 4 is 23.2 Å². The Morgan fingerprint density at radius 2 is 2.11 bits per heavy atom. The first-order valence-corrected chi connectivity index (χ1v) is 5.44. The minimum absolute atomic E-state index is 0.0448. The lowest BCUT2D eigenvalue weighted by molar-refractivity contribution is 0.629. The van der Waals surface area contributed by atoms with Crippen LogP contribution in [0.15, 0.2) is 24.3 Å². The van der Waals surface area contributed by atoms with E-state index in [2.05, 4.69) is 15.3 Å². The molecule has 0 amide bonds. The smallest absolute Gasteiger partial charge is 0.228 e. The van der Waals surface area contributed by atoms with Gasteiger partial charge in [-0.25, -0.2) is 14.4 Å². The predicted molar refractivity (Wildman–Crippen MR) is 66.2 cm³/mol. The molecule has 0 bridgehead atoms. The van der Waals surface area contributed by atoms with Crippen LogP contribution in [-0.4, -0.2) is 9.97 Å². The van der Waals surface area contributed by atoms with Crippen molar-refractivity contribution in [2.45, 2.75) is 6.92 Å². The van der Waals surface area contributed by atoms with Crippen molar-refractivity contribution in [3.05, 3.63) is 46.5 Å². The molecule has 1 aromatic heterocycles. The van der Waals surface area contributed by atoms with Gasteiger partial charge in [0.1, 0.15) is 17.6 Å². The highest BCUT2D eigenvalue weighted by Gasteiger charge is 2.05. The van der Waals surface area contributed by atoms with Gasteiger partial charge in [-0.3, -0.25) is 0 Å². The summed E-state index contributed by atoms with van der Waals surface area (Å²) in [5.41, 5.74) is 1.37. The number of halogens is 2. The first kappa shape index (κ1) is 12.3. The quantitative estimate of drug-likeness (QED) is 0.903. The zero-order chi connectivity index (χ0) is 13.1. The van der Waals surface area contributed by atoms with E-state index in [-0.39, 0.29) is 16.7 Å². The van der Waals surface area contributed by atoms with Gasteiger partial charge in [-0.1, -0.05) is 11.6 Å². The maximum Gasteiger partial charge on any atom is 0.228 e. The van der Waals surface area contributed by atoms with Gasteiger partial charge in [0.15, 0.2) is 0 Å². The van der Waals surface area contributed by atoms with Crippen molar-refractivity contribution in [2.75, 3.05) is 5.32 Å². The molecule has 90 valence electrons.